The number of morpholine rings is 1. The van der Waals surface area contributed by atoms with Gasteiger partial charge in [-0.1, -0.05) is 23.9 Å². The molecule has 4 rings (SSSR count). The molecule has 2 fully saturated rings. The Labute approximate surface area is 184 Å². The number of carbonyl (C=O) groups excluding carboxylic acids is 1. The van der Waals surface area contributed by atoms with Gasteiger partial charge in [0.15, 0.2) is 5.16 Å². The van der Waals surface area contributed by atoms with Gasteiger partial charge in [0.2, 0.25) is 5.91 Å². The largest absolute Gasteiger partial charge is 0.379 e. The van der Waals surface area contributed by atoms with Crippen LogP contribution in [0, 0.1) is 12.8 Å². The predicted molar refractivity (Wildman–Crippen MR) is 120 cm³/mol. The van der Waals surface area contributed by atoms with Crippen molar-refractivity contribution in [3.8, 4) is 0 Å². The van der Waals surface area contributed by atoms with Crippen LogP contribution < -0.4 is 0 Å². The molecule has 1 aliphatic carbocycles. The lowest BCUT2D eigenvalue weighted by Crippen LogP contribution is -2.42. The van der Waals surface area contributed by atoms with E-state index in [1.807, 2.05) is 6.20 Å². The summed E-state index contributed by atoms with van der Waals surface area (Å²) in [6, 6.07) is 0. The summed E-state index contributed by atoms with van der Waals surface area (Å²) < 4.78 is 5.42. The molecule has 0 bridgehead atoms. The molecule has 30 heavy (non-hydrogen) atoms. The van der Waals surface area contributed by atoms with Gasteiger partial charge in [-0.25, -0.2) is 9.97 Å². The summed E-state index contributed by atoms with van der Waals surface area (Å²) >= 11 is 1.74. The van der Waals surface area contributed by atoms with Gasteiger partial charge in [-0.15, -0.1) is 0 Å². The number of hydrogen-bond donors (Lipinski definition) is 0. The Morgan fingerprint density at radius 2 is 2.10 bits per heavy atom. The smallest absolute Gasteiger partial charge is 0.226 e. The number of nitrogens with zero attached hydrogens (tertiary/aromatic N) is 4. The monoisotopic (exact) mass is 430 g/mol. The summed E-state index contributed by atoms with van der Waals surface area (Å²) in [5, 5.41) is 0.865. The second-order valence-corrected chi connectivity index (χ2v) is 9.69. The first-order chi connectivity index (χ1) is 14.7. The van der Waals surface area contributed by atoms with Gasteiger partial charge >= 0.3 is 0 Å². The summed E-state index contributed by atoms with van der Waals surface area (Å²) in [6.45, 7) is 8.54. The van der Waals surface area contributed by atoms with Crippen molar-refractivity contribution in [3.63, 3.8) is 0 Å². The number of thioether (sulfide) groups is 1. The molecular weight excluding hydrogens is 396 g/mol. The first-order valence-electron chi connectivity index (χ1n) is 11.4. The number of piperidine rings is 1. The van der Waals surface area contributed by atoms with E-state index >= 15 is 0 Å². The molecule has 0 N–H and O–H groups in total. The van der Waals surface area contributed by atoms with E-state index in [1.165, 1.54) is 0 Å². The quantitative estimate of drug-likeness (QED) is 0.392. The van der Waals surface area contributed by atoms with E-state index in [-0.39, 0.29) is 5.92 Å². The number of aromatic nitrogens is 2. The molecular formula is C23H34N4O2S. The summed E-state index contributed by atoms with van der Waals surface area (Å²) in [6.07, 6.45) is 11.4. The first kappa shape index (κ1) is 21.8. The molecule has 7 heteroatoms. The molecule has 0 unspecified atom stereocenters. The fourth-order valence-corrected chi connectivity index (χ4v) is 5.51. The molecule has 2 aliphatic heterocycles. The highest BCUT2D eigenvalue weighted by Gasteiger charge is 2.30. The Morgan fingerprint density at radius 1 is 1.23 bits per heavy atom. The van der Waals surface area contributed by atoms with Crippen LogP contribution in [0.1, 0.15) is 49.3 Å². The molecule has 0 radical (unpaired) electrons. The number of hydrogen-bond acceptors (Lipinski definition) is 6. The third kappa shape index (κ3) is 5.62. The average molecular weight is 431 g/mol. The number of allylic oxidation sites excluding steroid dienone is 2. The fourth-order valence-electron chi connectivity index (χ4n) is 4.69. The number of rotatable bonds is 6. The maximum Gasteiger partial charge on any atom is 0.226 e. The lowest BCUT2D eigenvalue weighted by Gasteiger charge is -2.35. The van der Waals surface area contributed by atoms with Crippen molar-refractivity contribution >= 4 is 17.7 Å². The predicted octanol–water partition coefficient (Wildman–Crippen LogP) is 3.27. The highest BCUT2D eigenvalue weighted by atomic mass is 32.2. The minimum atomic E-state index is 0.173. The van der Waals surface area contributed by atoms with Gasteiger partial charge in [-0.2, -0.15) is 0 Å². The Bertz CT molecular complexity index is 751. The number of aryl methyl sites for hydroxylation is 1. The highest BCUT2D eigenvalue weighted by Crippen LogP contribution is 2.31. The van der Waals surface area contributed by atoms with E-state index < -0.39 is 0 Å². The van der Waals surface area contributed by atoms with Gasteiger partial charge in [0.25, 0.3) is 0 Å². The standard InChI is InChI=1S/C23H34N4O2S/c1-18-16-24-23(30-15-12-26-10-13-29-14-11-26)25-21(18)20-8-5-9-27(17-20)22(28)19-6-3-2-4-7-19/h2-3,16,19-20H,4-15,17H2,1H3/t19-,20-/m0/s1. The van der Waals surface area contributed by atoms with Crippen molar-refractivity contribution in [2.24, 2.45) is 5.92 Å². The Morgan fingerprint density at radius 3 is 2.90 bits per heavy atom. The molecule has 2 saturated heterocycles. The van der Waals surface area contributed by atoms with Crippen molar-refractivity contribution in [1.29, 1.82) is 0 Å². The lowest BCUT2D eigenvalue weighted by molar-refractivity contribution is -0.137. The van der Waals surface area contributed by atoms with Crippen molar-refractivity contribution in [3.05, 3.63) is 29.6 Å². The summed E-state index contributed by atoms with van der Waals surface area (Å²) in [4.78, 5) is 27.1. The van der Waals surface area contributed by atoms with Crippen LogP contribution in [0.15, 0.2) is 23.5 Å². The van der Waals surface area contributed by atoms with Crippen LogP contribution in [0.5, 0.6) is 0 Å². The molecule has 3 aliphatic rings. The fraction of sp³-hybridized carbons (Fsp3) is 0.696. The summed E-state index contributed by atoms with van der Waals surface area (Å²) in [5.74, 6) is 1.83. The van der Waals surface area contributed by atoms with E-state index in [0.29, 0.717) is 11.8 Å². The lowest BCUT2D eigenvalue weighted by atomic mass is 9.89. The number of amides is 1. The van der Waals surface area contributed by atoms with E-state index in [4.69, 9.17) is 9.72 Å². The van der Waals surface area contributed by atoms with Gasteiger partial charge in [0, 0.05) is 56.5 Å². The Balaban J connectivity index is 1.35. The van der Waals surface area contributed by atoms with E-state index in [1.54, 1.807) is 11.8 Å². The van der Waals surface area contributed by atoms with Crippen molar-refractivity contribution in [2.45, 2.75) is 50.1 Å². The van der Waals surface area contributed by atoms with E-state index in [9.17, 15) is 4.79 Å². The third-order valence-electron chi connectivity index (χ3n) is 6.47. The van der Waals surface area contributed by atoms with Crippen LogP contribution in [0.4, 0.5) is 0 Å². The van der Waals surface area contributed by atoms with Gasteiger partial charge < -0.3 is 9.64 Å². The van der Waals surface area contributed by atoms with E-state index in [0.717, 1.165) is 100 Å². The minimum absolute atomic E-state index is 0.173. The molecule has 0 saturated carbocycles. The summed E-state index contributed by atoms with van der Waals surface area (Å²) in [5.41, 5.74) is 2.28. The molecule has 6 nitrogen and oxygen atoms in total. The van der Waals surface area contributed by atoms with Gasteiger partial charge in [-0.3, -0.25) is 9.69 Å². The zero-order chi connectivity index (χ0) is 20.8. The number of ether oxygens (including phenoxy) is 1. The summed E-state index contributed by atoms with van der Waals surface area (Å²) in [7, 11) is 0. The van der Waals surface area contributed by atoms with Crippen LogP contribution in [0.25, 0.3) is 0 Å². The average Bonchev–Trinajstić information content (AvgIpc) is 2.81. The molecule has 1 aromatic heterocycles. The molecule has 3 heterocycles. The topological polar surface area (TPSA) is 58.6 Å². The Hall–Kier alpha value is -1.44. The molecule has 164 valence electrons. The Kier molecular flexibility index (Phi) is 7.79. The van der Waals surface area contributed by atoms with E-state index in [2.05, 4.69) is 33.9 Å². The molecule has 1 aromatic rings. The second-order valence-electron chi connectivity index (χ2n) is 8.63. The van der Waals surface area contributed by atoms with Crippen molar-refractivity contribution in [1.82, 2.24) is 19.8 Å². The van der Waals surface area contributed by atoms with Crippen molar-refractivity contribution < 1.29 is 9.53 Å². The van der Waals surface area contributed by atoms with Crippen molar-refractivity contribution in [2.75, 3.05) is 51.7 Å². The SMILES string of the molecule is Cc1cnc(SCCN2CCOCC2)nc1[C@H]1CCCN(C(=O)[C@H]2CC=CCC2)C1. The molecule has 0 aromatic carbocycles. The highest BCUT2D eigenvalue weighted by molar-refractivity contribution is 7.99. The van der Waals surface area contributed by atoms with Crippen LogP contribution in [-0.4, -0.2) is 77.4 Å². The minimum Gasteiger partial charge on any atom is -0.379 e. The molecule has 2 atom stereocenters. The van der Waals surface area contributed by atoms with Crippen LogP contribution in [0.2, 0.25) is 0 Å². The van der Waals surface area contributed by atoms with Crippen LogP contribution in [0.3, 0.4) is 0 Å². The maximum absolute atomic E-state index is 13.0. The molecule has 0 spiro atoms. The van der Waals surface area contributed by atoms with Gasteiger partial charge in [0.1, 0.15) is 0 Å². The molecule has 1 amide bonds. The third-order valence-corrected chi connectivity index (χ3v) is 7.31. The van der Waals surface area contributed by atoms with Gasteiger partial charge in [-0.05, 0) is 44.6 Å². The normalized spacial score (nSPS) is 25.4. The zero-order valence-electron chi connectivity index (χ0n) is 18.1. The number of carbonyl (C=O) groups is 1. The maximum atomic E-state index is 13.0. The first-order valence-corrected chi connectivity index (χ1v) is 12.4. The zero-order valence-corrected chi connectivity index (χ0v) is 18.9. The van der Waals surface area contributed by atoms with Gasteiger partial charge in [0.05, 0.1) is 18.9 Å². The number of likely N-dealkylation sites (tertiary alicyclic amines) is 1. The second kappa shape index (κ2) is 10.7. The van der Waals surface area contributed by atoms with Crippen LogP contribution in [-0.2, 0) is 9.53 Å². The van der Waals surface area contributed by atoms with Crippen LogP contribution >= 0.6 is 11.8 Å².